The van der Waals surface area contributed by atoms with Crippen LogP contribution < -0.4 is 4.74 Å². The summed E-state index contributed by atoms with van der Waals surface area (Å²) < 4.78 is 10.4. The van der Waals surface area contributed by atoms with Crippen molar-refractivity contribution in [1.82, 2.24) is 0 Å². The normalized spacial score (nSPS) is 10.3. The van der Waals surface area contributed by atoms with Crippen molar-refractivity contribution in [3.8, 4) is 5.75 Å². The molecule has 0 unspecified atom stereocenters. The SMILES string of the molecule is CCCCOCCC(=O)Cc1ccc(OC)cc1. The maximum atomic E-state index is 11.7. The smallest absolute Gasteiger partial charge is 0.139 e. The molecule has 0 fully saturated rings. The minimum atomic E-state index is 0.219. The first-order valence-corrected chi connectivity index (χ1v) is 6.48. The van der Waals surface area contributed by atoms with Gasteiger partial charge in [-0.1, -0.05) is 25.5 Å². The second kappa shape index (κ2) is 8.70. The molecule has 100 valence electrons. The highest BCUT2D eigenvalue weighted by atomic mass is 16.5. The molecule has 0 aliphatic rings. The molecule has 1 aromatic carbocycles. The van der Waals surface area contributed by atoms with Gasteiger partial charge in [-0.25, -0.2) is 0 Å². The van der Waals surface area contributed by atoms with Gasteiger partial charge in [-0.2, -0.15) is 0 Å². The average molecular weight is 250 g/mol. The number of methoxy groups -OCH3 is 1. The van der Waals surface area contributed by atoms with Crippen molar-refractivity contribution in [2.24, 2.45) is 0 Å². The Balaban J connectivity index is 2.22. The Labute approximate surface area is 109 Å². The third-order valence-corrected chi connectivity index (χ3v) is 2.73. The molecule has 0 saturated carbocycles. The molecular formula is C15H22O3. The lowest BCUT2D eigenvalue weighted by molar-refractivity contribution is -0.119. The molecule has 0 amide bonds. The number of hydrogen-bond donors (Lipinski definition) is 0. The van der Waals surface area contributed by atoms with Gasteiger partial charge in [0.05, 0.1) is 13.7 Å². The molecule has 0 bridgehead atoms. The lowest BCUT2D eigenvalue weighted by Crippen LogP contribution is -2.07. The molecule has 3 nitrogen and oxygen atoms in total. The largest absolute Gasteiger partial charge is 0.497 e. The third kappa shape index (κ3) is 5.82. The molecular weight excluding hydrogens is 228 g/mol. The van der Waals surface area contributed by atoms with Gasteiger partial charge in [0.25, 0.3) is 0 Å². The average Bonchev–Trinajstić information content (AvgIpc) is 2.39. The minimum absolute atomic E-state index is 0.219. The summed E-state index contributed by atoms with van der Waals surface area (Å²) in [7, 11) is 1.63. The predicted molar refractivity (Wildman–Crippen MR) is 72.0 cm³/mol. The van der Waals surface area contributed by atoms with Crippen molar-refractivity contribution in [2.75, 3.05) is 20.3 Å². The van der Waals surface area contributed by atoms with Gasteiger partial charge in [0, 0.05) is 19.4 Å². The van der Waals surface area contributed by atoms with Gasteiger partial charge in [0.2, 0.25) is 0 Å². The van der Waals surface area contributed by atoms with Crippen LogP contribution in [-0.2, 0) is 16.0 Å². The van der Waals surface area contributed by atoms with E-state index in [1.54, 1.807) is 7.11 Å². The van der Waals surface area contributed by atoms with Crippen LogP contribution in [0.2, 0.25) is 0 Å². The van der Waals surface area contributed by atoms with E-state index in [4.69, 9.17) is 9.47 Å². The first kappa shape index (κ1) is 14.7. The van der Waals surface area contributed by atoms with E-state index in [0.717, 1.165) is 30.8 Å². The van der Waals surface area contributed by atoms with Crippen molar-refractivity contribution in [2.45, 2.75) is 32.6 Å². The molecule has 0 aromatic heterocycles. The fourth-order valence-electron chi connectivity index (χ4n) is 1.59. The third-order valence-electron chi connectivity index (χ3n) is 2.73. The van der Waals surface area contributed by atoms with Crippen LogP contribution in [-0.4, -0.2) is 26.1 Å². The number of hydrogen-bond acceptors (Lipinski definition) is 3. The summed E-state index contributed by atoms with van der Waals surface area (Å²) in [5.74, 6) is 1.03. The summed E-state index contributed by atoms with van der Waals surface area (Å²) in [6, 6.07) is 7.60. The van der Waals surface area contributed by atoms with Crippen LogP contribution in [0.25, 0.3) is 0 Å². The Hall–Kier alpha value is -1.35. The van der Waals surface area contributed by atoms with Gasteiger partial charge in [-0.3, -0.25) is 4.79 Å². The zero-order valence-corrected chi connectivity index (χ0v) is 11.3. The first-order valence-electron chi connectivity index (χ1n) is 6.48. The number of rotatable bonds is 9. The molecule has 0 saturated heterocycles. The molecule has 0 aliphatic heterocycles. The highest BCUT2D eigenvalue weighted by molar-refractivity contribution is 5.80. The Morgan fingerprint density at radius 3 is 2.50 bits per heavy atom. The number of Topliss-reactive ketones (excluding diaryl/α,β-unsaturated/α-hetero) is 1. The predicted octanol–water partition coefficient (Wildman–Crippen LogP) is 3.01. The fourth-order valence-corrected chi connectivity index (χ4v) is 1.59. The topological polar surface area (TPSA) is 35.5 Å². The van der Waals surface area contributed by atoms with Gasteiger partial charge in [-0.15, -0.1) is 0 Å². The number of ether oxygens (including phenoxy) is 2. The van der Waals surface area contributed by atoms with E-state index >= 15 is 0 Å². The van der Waals surface area contributed by atoms with E-state index in [1.807, 2.05) is 24.3 Å². The van der Waals surface area contributed by atoms with E-state index in [0.29, 0.717) is 19.4 Å². The molecule has 18 heavy (non-hydrogen) atoms. The highest BCUT2D eigenvalue weighted by Crippen LogP contribution is 2.12. The molecule has 0 atom stereocenters. The molecule has 0 aliphatic carbocycles. The second-order valence-corrected chi connectivity index (χ2v) is 4.28. The van der Waals surface area contributed by atoms with Gasteiger partial charge in [-0.05, 0) is 24.1 Å². The Morgan fingerprint density at radius 1 is 1.17 bits per heavy atom. The number of benzene rings is 1. The molecule has 0 radical (unpaired) electrons. The summed E-state index contributed by atoms with van der Waals surface area (Å²) in [4.78, 5) is 11.7. The van der Waals surface area contributed by atoms with Crippen molar-refractivity contribution in [1.29, 1.82) is 0 Å². The lowest BCUT2D eigenvalue weighted by atomic mass is 10.1. The van der Waals surface area contributed by atoms with Crippen LogP contribution in [0, 0.1) is 0 Å². The van der Waals surface area contributed by atoms with E-state index < -0.39 is 0 Å². The molecule has 1 aromatic rings. The summed E-state index contributed by atoms with van der Waals surface area (Å²) in [5.41, 5.74) is 1.02. The zero-order valence-electron chi connectivity index (χ0n) is 11.3. The van der Waals surface area contributed by atoms with Crippen molar-refractivity contribution < 1.29 is 14.3 Å². The van der Waals surface area contributed by atoms with Crippen LogP contribution in [0.5, 0.6) is 5.75 Å². The van der Waals surface area contributed by atoms with E-state index in [9.17, 15) is 4.79 Å². The van der Waals surface area contributed by atoms with Crippen molar-refractivity contribution in [3.05, 3.63) is 29.8 Å². The van der Waals surface area contributed by atoms with E-state index in [1.165, 1.54) is 0 Å². The van der Waals surface area contributed by atoms with Gasteiger partial charge in [0.1, 0.15) is 11.5 Å². The van der Waals surface area contributed by atoms with E-state index in [-0.39, 0.29) is 5.78 Å². The van der Waals surface area contributed by atoms with Crippen LogP contribution in [0.4, 0.5) is 0 Å². The van der Waals surface area contributed by atoms with Gasteiger partial charge < -0.3 is 9.47 Å². The number of unbranched alkanes of at least 4 members (excludes halogenated alkanes) is 1. The molecule has 1 rings (SSSR count). The summed E-state index contributed by atoms with van der Waals surface area (Å²) in [6.45, 7) is 3.42. The monoisotopic (exact) mass is 250 g/mol. The standard InChI is InChI=1S/C15H22O3/c1-3-4-10-18-11-9-14(16)12-13-5-7-15(17-2)8-6-13/h5-8H,3-4,9-12H2,1-2H3. The number of carbonyl (C=O) groups excluding carboxylic acids is 1. The fraction of sp³-hybridized carbons (Fsp3) is 0.533. The van der Waals surface area contributed by atoms with Gasteiger partial charge in [0.15, 0.2) is 0 Å². The molecule has 3 heteroatoms. The summed E-state index contributed by atoms with van der Waals surface area (Å²) >= 11 is 0. The van der Waals surface area contributed by atoms with Crippen LogP contribution in [0.1, 0.15) is 31.7 Å². The van der Waals surface area contributed by atoms with E-state index in [2.05, 4.69) is 6.92 Å². The minimum Gasteiger partial charge on any atom is -0.497 e. The zero-order chi connectivity index (χ0) is 13.2. The number of ketones is 1. The van der Waals surface area contributed by atoms with Crippen LogP contribution >= 0.6 is 0 Å². The summed E-state index contributed by atoms with van der Waals surface area (Å²) in [6.07, 6.45) is 3.16. The molecule has 0 spiro atoms. The lowest BCUT2D eigenvalue weighted by Gasteiger charge is -2.04. The van der Waals surface area contributed by atoms with Gasteiger partial charge >= 0.3 is 0 Å². The summed E-state index contributed by atoms with van der Waals surface area (Å²) in [5, 5.41) is 0. The first-order chi connectivity index (χ1) is 8.76. The van der Waals surface area contributed by atoms with Crippen molar-refractivity contribution in [3.63, 3.8) is 0 Å². The van der Waals surface area contributed by atoms with Crippen molar-refractivity contribution >= 4 is 5.78 Å². The molecule has 0 N–H and O–H groups in total. The second-order valence-electron chi connectivity index (χ2n) is 4.28. The number of carbonyl (C=O) groups is 1. The Bertz CT molecular complexity index is 343. The Kier molecular flexibility index (Phi) is 7.11. The van der Waals surface area contributed by atoms with Crippen LogP contribution in [0.15, 0.2) is 24.3 Å². The Morgan fingerprint density at radius 2 is 1.89 bits per heavy atom. The maximum absolute atomic E-state index is 11.7. The highest BCUT2D eigenvalue weighted by Gasteiger charge is 2.04. The van der Waals surface area contributed by atoms with Crippen LogP contribution in [0.3, 0.4) is 0 Å². The molecule has 0 heterocycles. The maximum Gasteiger partial charge on any atom is 0.139 e. The quantitative estimate of drug-likeness (QED) is 0.632.